The van der Waals surface area contributed by atoms with Crippen molar-refractivity contribution in [3.05, 3.63) is 59.8 Å². The molecule has 0 fully saturated rings. The van der Waals surface area contributed by atoms with Crippen molar-refractivity contribution in [1.82, 2.24) is 19.3 Å². The molecule has 3 heterocycles. The number of rotatable bonds is 1. The third-order valence-corrected chi connectivity index (χ3v) is 5.30. The maximum atomic E-state index is 11.0. The van der Waals surface area contributed by atoms with Crippen LogP contribution >= 0.6 is 0 Å². The van der Waals surface area contributed by atoms with E-state index >= 15 is 0 Å². The maximum Gasteiger partial charge on any atom is 0.103 e. The highest BCUT2D eigenvalue weighted by molar-refractivity contribution is 5.69. The Kier molecular flexibility index (Phi) is 2.59. The third-order valence-electron chi connectivity index (χ3n) is 5.30. The van der Waals surface area contributed by atoms with Crippen molar-refractivity contribution in [2.75, 3.05) is 0 Å². The van der Waals surface area contributed by atoms with E-state index in [1.807, 2.05) is 30.5 Å². The van der Waals surface area contributed by atoms with Gasteiger partial charge in [-0.25, -0.2) is 4.98 Å². The first-order chi connectivity index (χ1) is 11.2. The monoisotopic (exact) mass is 306 g/mol. The predicted octanol–water partition coefficient (Wildman–Crippen LogP) is 2.48. The van der Waals surface area contributed by atoms with Crippen LogP contribution in [0, 0.1) is 5.92 Å². The van der Waals surface area contributed by atoms with Gasteiger partial charge in [-0.2, -0.15) is 5.10 Å². The lowest BCUT2D eigenvalue weighted by molar-refractivity contribution is 0.0681. The molecule has 5 heteroatoms. The van der Waals surface area contributed by atoms with Crippen molar-refractivity contribution < 1.29 is 5.11 Å². The van der Waals surface area contributed by atoms with Gasteiger partial charge in [-0.1, -0.05) is 24.3 Å². The van der Waals surface area contributed by atoms with E-state index in [2.05, 4.69) is 38.9 Å². The molecule has 1 N–H and O–H groups in total. The minimum Gasteiger partial charge on any atom is -0.386 e. The van der Waals surface area contributed by atoms with E-state index < -0.39 is 6.10 Å². The zero-order valence-electron chi connectivity index (χ0n) is 12.9. The first kappa shape index (κ1) is 13.1. The van der Waals surface area contributed by atoms with E-state index in [1.165, 1.54) is 16.7 Å². The van der Waals surface area contributed by atoms with Crippen molar-refractivity contribution in [3.8, 4) is 11.3 Å². The molecule has 0 radical (unpaired) electrons. The number of aliphatic hydroxyl groups is 1. The van der Waals surface area contributed by atoms with Crippen LogP contribution in [-0.4, -0.2) is 24.4 Å². The summed E-state index contributed by atoms with van der Waals surface area (Å²) in [6.45, 7) is 0. The molecule has 5 nitrogen and oxygen atoms in total. The Bertz CT molecular complexity index is 894. The zero-order chi connectivity index (χ0) is 15.6. The number of benzene rings is 1. The SMILES string of the molecule is Cn1cc2c(n1)[C@H](O)[C@@H]([C@@H]1c3ccccc3-c3cncn31)CC2. The summed E-state index contributed by atoms with van der Waals surface area (Å²) in [7, 11) is 1.92. The number of hydrogen-bond acceptors (Lipinski definition) is 3. The Balaban J connectivity index is 1.63. The summed E-state index contributed by atoms with van der Waals surface area (Å²) in [5.41, 5.74) is 5.68. The molecule has 0 saturated heterocycles. The maximum absolute atomic E-state index is 11.0. The topological polar surface area (TPSA) is 55.9 Å². The average Bonchev–Trinajstić information content (AvgIpc) is 3.22. The van der Waals surface area contributed by atoms with Crippen LogP contribution in [0.2, 0.25) is 0 Å². The average molecular weight is 306 g/mol. The first-order valence-corrected chi connectivity index (χ1v) is 8.05. The molecule has 5 rings (SSSR count). The molecular formula is C18H18N4O. The summed E-state index contributed by atoms with van der Waals surface area (Å²) in [6.07, 6.45) is 7.22. The Hall–Kier alpha value is -2.40. The van der Waals surface area contributed by atoms with E-state index in [1.54, 1.807) is 0 Å². The highest BCUT2D eigenvalue weighted by Crippen LogP contribution is 2.49. The summed E-state index contributed by atoms with van der Waals surface area (Å²) in [5.74, 6) is 0.119. The van der Waals surface area contributed by atoms with Crippen LogP contribution in [0.5, 0.6) is 0 Å². The first-order valence-electron chi connectivity index (χ1n) is 8.05. The largest absolute Gasteiger partial charge is 0.386 e. The van der Waals surface area contributed by atoms with E-state index in [0.29, 0.717) is 0 Å². The van der Waals surface area contributed by atoms with Crippen molar-refractivity contribution in [2.24, 2.45) is 13.0 Å². The number of aryl methyl sites for hydroxylation is 2. The molecular weight excluding hydrogens is 288 g/mol. The summed E-state index contributed by atoms with van der Waals surface area (Å²) in [4.78, 5) is 4.32. The van der Waals surface area contributed by atoms with Gasteiger partial charge < -0.3 is 9.67 Å². The van der Waals surface area contributed by atoms with Gasteiger partial charge in [0.1, 0.15) is 6.10 Å². The molecule has 2 aromatic heterocycles. The van der Waals surface area contributed by atoms with Gasteiger partial charge in [-0.15, -0.1) is 0 Å². The van der Waals surface area contributed by atoms with Crippen molar-refractivity contribution in [2.45, 2.75) is 25.0 Å². The molecule has 1 aromatic carbocycles. The quantitative estimate of drug-likeness (QED) is 0.751. The van der Waals surface area contributed by atoms with Gasteiger partial charge in [0.2, 0.25) is 0 Å². The molecule has 3 aromatic rings. The van der Waals surface area contributed by atoms with Gasteiger partial charge in [0.05, 0.1) is 30.0 Å². The number of fused-ring (bicyclic) bond motifs is 4. The summed E-state index contributed by atoms with van der Waals surface area (Å²) < 4.78 is 4.02. The van der Waals surface area contributed by atoms with Crippen molar-refractivity contribution in [1.29, 1.82) is 0 Å². The van der Waals surface area contributed by atoms with E-state index in [0.717, 1.165) is 24.2 Å². The van der Waals surface area contributed by atoms with Gasteiger partial charge in [-0.3, -0.25) is 4.68 Å². The van der Waals surface area contributed by atoms with E-state index in [-0.39, 0.29) is 12.0 Å². The minimum atomic E-state index is -0.536. The summed E-state index contributed by atoms with van der Waals surface area (Å²) in [6, 6.07) is 8.59. The molecule has 3 atom stereocenters. The zero-order valence-corrected chi connectivity index (χ0v) is 12.9. The second-order valence-corrected chi connectivity index (χ2v) is 6.58. The molecule has 0 saturated carbocycles. The Labute approximate surface area is 134 Å². The van der Waals surface area contributed by atoms with Crippen LogP contribution in [0.25, 0.3) is 11.3 Å². The predicted molar refractivity (Wildman–Crippen MR) is 85.8 cm³/mol. The highest BCUT2D eigenvalue weighted by atomic mass is 16.3. The van der Waals surface area contributed by atoms with Crippen molar-refractivity contribution in [3.63, 3.8) is 0 Å². The van der Waals surface area contributed by atoms with Crippen LogP contribution in [0.1, 0.15) is 35.4 Å². The Morgan fingerprint density at radius 2 is 2.13 bits per heavy atom. The lowest BCUT2D eigenvalue weighted by Gasteiger charge is -2.33. The van der Waals surface area contributed by atoms with Crippen LogP contribution in [0.4, 0.5) is 0 Å². The molecule has 0 unspecified atom stereocenters. The summed E-state index contributed by atoms with van der Waals surface area (Å²) in [5, 5.41) is 15.5. The highest BCUT2D eigenvalue weighted by Gasteiger charge is 2.41. The fourth-order valence-electron chi connectivity index (χ4n) is 4.32. The molecule has 1 aliphatic heterocycles. The van der Waals surface area contributed by atoms with E-state index in [9.17, 15) is 5.11 Å². The lowest BCUT2D eigenvalue weighted by atomic mass is 9.78. The second kappa shape index (κ2) is 4.55. The summed E-state index contributed by atoms with van der Waals surface area (Å²) >= 11 is 0. The molecule has 23 heavy (non-hydrogen) atoms. The number of aliphatic hydroxyl groups excluding tert-OH is 1. The number of imidazole rings is 1. The molecule has 0 bridgehead atoms. The van der Waals surface area contributed by atoms with Gasteiger partial charge in [0.25, 0.3) is 0 Å². The third kappa shape index (κ3) is 1.71. The molecule has 0 spiro atoms. The van der Waals surface area contributed by atoms with E-state index in [4.69, 9.17) is 0 Å². The van der Waals surface area contributed by atoms with Gasteiger partial charge >= 0.3 is 0 Å². The standard InChI is InChI=1S/C18H18N4O/c1-21-9-11-6-7-14(18(23)16(11)20-21)17-13-5-3-2-4-12(13)15-8-19-10-22(15)17/h2-5,8-10,14,17-18,23H,6-7H2,1H3/t14-,17+,18-/m1/s1. The van der Waals surface area contributed by atoms with Crippen molar-refractivity contribution >= 4 is 0 Å². The molecule has 2 aliphatic rings. The fourth-order valence-corrected chi connectivity index (χ4v) is 4.32. The fraction of sp³-hybridized carbons (Fsp3) is 0.333. The van der Waals surface area contributed by atoms with Crippen LogP contribution in [-0.2, 0) is 13.5 Å². The normalized spacial score (nSPS) is 25.0. The molecule has 0 amide bonds. The Morgan fingerprint density at radius 1 is 1.26 bits per heavy atom. The van der Waals surface area contributed by atoms with Crippen LogP contribution in [0.3, 0.4) is 0 Å². The van der Waals surface area contributed by atoms with Gasteiger partial charge in [0.15, 0.2) is 0 Å². The number of hydrogen-bond donors (Lipinski definition) is 1. The van der Waals surface area contributed by atoms with Gasteiger partial charge in [-0.05, 0) is 24.0 Å². The second-order valence-electron chi connectivity index (χ2n) is 6.58. The van der Waals surface area contributed by atoms with Crippen LogP contribution < -0.4 is 0 Å². The lowest BCUT2D eigenvalue weighted by Crippen LogP contribution is -2.28. The van der Waals surface area contributed by atoms with Gasteiger partial charge in [0, 0.05) is 24.7 Å². The number of nitrogens with zero attached hydrogens (tertiary/aromatic N) is 4. The molecule has 116 valence electrons. The Morgan fingerprint density at radius 3 is 3.04 bits per heavy atom. The smallest absolute Gasteiger partial charge is 0.103 e. The molecule has 1 aliphatic carbocycles. The number of aromatic nitrogens is 4. The van der Waals surface area contributed by atoms with Crippen LogP contribution in [0.15, 0.2) is 43.0 Å². The minimum absolute atomic E-state index is 0.119.